The van der Waals surface area contributed by atoms with E-state index in [2.05, 4.69) is 125 Å². The van der Waals surface area contributed by atoms with Crippen LogP contribution in [0.3, 0.4) is 0 Å². The lowest BCUT2D eigenvalue weighted by Gasteiger charge is -2.08. The molecule has 4 heteroatoms. The summed E-state index contributed by atoms with van der Waals surface area (Å²) in [6.45, 7) is 0. The standard InChI is InChI=1S/C36H23N3O/c1-38-30-9-4-2-7-25(30)27-19-22(12-15-31(27)38)23-13-16-34-28(20-23)29-21-24(14-17-35(29)40-34)39-32-10-5-3-8-26(32)36-33(39)11-6-18-37-36/h2-21H,1H3. The molecule has 40 heavy (non-hydrogen) atoms. The number of fused-ring (bicyclic) bond motifs is 9. The first-order valence-corrected chi connectivity index (χ1v) is 13.5. The number of para-hydroxylation sites is 2. The Morgan fingerprint density at radius 3 is 2.05 bits per heavy atom. The summed E-state index contributed by atoms with van der Waals surface area (Å²) >= 11 is 0. The second kappa shape index (κ2) is 7.84. The SMILES string of the molecule is Cn1c2ccccc2c2cc(-c3ccc4oc5ccc(-n6c7ccccc7c7ncccc76)cc5c4c3)ccc21. The van der Waals surface area contributed by atoms with Crippen molar-refractivity contribution in [3.8, 4) is 16.8 Å². The second-order valence-corrected chi connectivity index (χ2v) is 10.5. The lowest BCUT2D eigenvalue weighted by molar-refractivity contribution is 0.669. The molecule has 0 aliphatic rings. The average Bonchev–Trinajstić information content (AvgIpc) is 3.64. The number of rotatable bonds is 2. The minimum Gasteiger partial charge on any atom is -0.456 e. The number of hydrogen-bond donors (Lipinski definition) is 0. The Bertz CT molecular complexity index is 2400. The van der Waals surface area contributed by atoms with Crippen LogP contribution in [-0.2, 0) is 7.05 Å². The van der Waals surface area contributed by atoms with Crippen LogP contribution in [0.15, 0.2) is 126 Å². The third kappa shape index (κ3) is 2.88. The van der Waals surface area contributed by atoms with E-state index < -0.39 is 0 Å². The van der Waals surface area contributed by atoms with E-state index in [1.54, 1.807) is 0 Å². The molecule has 0 saturated carbocycles. The molecule has 4 heterocycles. The molecule has 188 valence electrons. The summed E-state index contributed by atoms with van der Waals surface area (Å²) < 4.78 is 10.9. The van der Waals surface area contributed by atoms with Gasteiger partial charge in [-0.05, 0) is 77.9 Å². The fraction of sp³-hybridized carbons (Fsp3) is 0.0278. The lowest BCUT2D eigenvalue weighted by atomic mass is 10.0. The van der Waals surface area contributed by atoms with Crippen LogP contribution < -0.4 is 0 Å². The van der Waals surface area contributed by atoms with Crippen LogP contribution in [0, 0.1) is 0 Å². The second-order valence-electron chi connectivity index (χ2n) is 10.5. The van der Waals surface area contributed by atoms with Gasteiger partial charge in [-0.3, -0.25) is 4.98 Å². The van der Waals surface area contributed by atoms with Crippen molar-refractivity contribution >= 4 is 65.7 Å². The predicted octanol–water partition coefficient (Wildman–Crippen LogP) is 9.39. The van der Waals surface area contributed by atoms with Crippen molar-refractivity contribution < 1.29 is 4.42 Å². The fourth-order valence-corrected chi connectivity index (χ4v) is 6.49. The zero-order valence-corrected chi connectivity index (χ0v) is 21.8. The highest BCUT2D eigenvalue weighted by Crippen LogP contribution is 2.37. The van der Waals surface area contributed by atoms with Crippen molar-refractivity contribution in [3.63, 3.8) is 0 Å². The molecule has 0 atom stereocenters. The first kappa shape index (κ1) is 21.6. The van der Waals surface area contributed by atoms with E-state index in [0.29, 0.717) is 0 Å². The molecule has 4 aromatic heterocycles. The van der Waals surface area contributed by atoms with Crippen LogP contribution >= 0.6 is 0 Å². The van der Waals surface area contributed by atoms with Crippen molar-refractivity contribution in [1.29, 1.82) is 0 Å². The van der Waals surface area contributed by atoms with Crippen LogP contribution in [0.2, 0.25) is 0 Å². The maximum Gasteiger partial charge on any atom is 0.135 e. The maximum absolute atomic E-state index is 6.30. The van der Waals surface area contributed by atoms with Gasteiger partial charge in [0.15, 0.2) is 0 Å². The van der Waals surface area contributed by atoms with Gasteiger partial charge in [-0.2, -0.15) is 0 Å². The van der Waals surface area contributed by atoms with Crippen molar-refractivity contribution in [2.24, 2.45) is 7.05 Å². The number of hydrogen-bond acceptors (Lipinski definition) is 2. The molecule has 9 aromatic rings. The molecule has 0 radical (unpaired) electrons. The van der Waals surface area contributed by atoms with E-state index in [1.807, 2.05) is 12.3 Å². The van der Waals surface area contributed by atoms with Crippen LogP contribution in [0.5, 0.6) is 0 Å². The van der Waals surface area contributed by atoms with Crippen molar-refractivity contribution in [2.45, 2.75) is 0 Å². The smallest absolute Gasteiger partial charge is 0.135 e. The van der Waals surface area contributed by atoms with Crippen molar-refractivity contribution in [2.75, 3.05) is 0 Å². The predicted molar refractivity (Wildman–Crippen MR) is 165 cm³/mol. The Hall–Kier alpha value is -5.35. The summed E-state index contributed by atoms with van der Waals surface area (Å²) in [5.74, 6) is 0. The Balaban J connectivity index is 1.26. The minimum atomic E-state index is 0.888. The Morgan fingerprint density at radius 2 is 1.18 bits per heavy atom. The van der Waals surface area contributed by atoms with Gasteiger partial charge in [-0.15, -0.1) is 0 Å². The van der Waals surface area contributed by atoms with E-state index in [-0.39, 0.29) is 0 Å². The highest BCUT2D eigenvalue weighted by molar-refractivity contribution is 6.11. The molecular formula is C36H23N3O. The number of nitrogens with zero attached hydrogens (tertiary/aromatic N) is 3. The number of furan rings is 1. The summed E-state index contributed by atoms with van der Waals surface area (Å²) in [5.41, 5.74) is 11.0. The quantitative estimate of drug-likeness (QED) is 0.231. The summed E-state index contributed by atoms with van der Waals surface area (Å²) in [6, 6.07) is 41.0. The molecule has 0 fully saturated rings. The van der Waals surface area contributed by atoms with E-state index in [0.717, 1.165) is 49.6 Å². The van der Waals surface area contributed by atoms with E-state index in [9.17, 15) is 0 Å². The van der Waals surface area contributed by atoms with Gasteiger partial charge in [-0.25, -0.2) is 0 Å². The molecule has 0 saturated heterocycles. The first-order valence-electron chi connectivity index (χ1n) is 13.5. The number of benzene rings is 5. The topological polar surface area (TPSA) is 35.9 Å². The largest absolute Gasteiger partial charge is 0.456 e. The normalized spacial score (nSPS) is 12.1. The Morgan fingerprint density at radius 1 is 0.525 bits per heavy atom. The fourth-order valence-electron chi connectivity index (χ4n) is 6.49. The van der Waals surface area contributed by atoms with Crippen LogP contribution in [0.1, 0.15) is 0 Å². The van der Waals surface area contributed by atoms with Gasteiger partial charge >= 0.3 is 0 Å². The van der Waals surface area contributed by atoms with Crippen LogP contribution in [0.4, 0.5) is 0 Å². The Kier molecular flexibility index (Phi) is 4.23. The number of aromatic nitrogens is 3. The van der Waals surface area contributed by atoms with Gasteiger partial charge in [0.05, 0.1) is 16.6 Å². The molecule has 0 bridgehead atoms. The number of pyridine rings is 1. The molecule has 0 amide bonds. The molecule has 9 rings (SSSR count). The highest BCUT2D eigenvalue weighted by Gasteiger charge is 2.16. The molecule has 0 aliphatic carbocycles. The number of aryl methyl sites for hydroxylation is 1. The summed E-state index contributed by atoms with van der Waals surface area (Å²) in [5, 5.41) is 5.93. The summed E-state index contributed by atoms with van der Waals surface area (Å²) in [6.07, 6.45) is 1.86. The third-order valence-corrected chi connectivity index (χ3v) is 8.39. The van der Waals surface area contributed by atoms with E-state index in [1.165, 1.54) is 32.9 Å². The minimum absolute atomic E-state index is 0.888. The molecule has 0 N–H and O–H groups in total. The average molecular weight is 514 g/mol. The van der Waals surface area contributed by atoms with Crippen molar-refractivity contribution in [1.82, 2.24) is 14.1 Å². The molecule has 0 aliphatic heterocycles. The monoisotopic (exact) mass is 513 g/mol. The molecular weight excluding hydrogens is 490 g/mol. The summed E-state index contributed by atoms with van der Waals surface area (Å²) in [7, 11) is 2.14. The molecule has 0 unspecified atom stereocenters. The van der Waals surface area contributed by atoms with Gasteiger partial charge in [0.25, 0.3) is 0 Å². The van der Waals surface area contributed by atoms with Gasteiger partial charge in [-0.1, -0.05) is 48.5 Å². The maximum atomic E-state index is 6.30. The van der Waals surface area contributed by atoms with Crippen molar-refractivity contribution in [3.05, 3.63) is 121 Å². The van der Waals surface area contributed by atoms with E-state index >= 15 is 0 Å². The van der Waals surface area contributed by atoms with Crippen LogP contribution in [-0.4, -0.2) is 14.1 Å². The third-order valence-electron chi connectivity index (χ3n) is 8.39. The Labute approximate surface area is 229 Å². The first-order chi connectivity index (χ1) is 19.7. The van der Waals surface area contributed by atoms with Gasteiger partial charge in [0.1, 0.15) is 11.2 Å². The zero-order chi connectivity index (χ0) is 26.4. The highest BCUT2D eigenvalue weighted by atomic mass is 16.3. The van der Waals surface area contributed by atoms with E-state index in [4.69, 9.17) is 9.40 Å². The molecule has 0 spiro atoms. The lowest BCUT2D eigenvalue weighted by Crippen LogP contribution is -1.93. The van der Waals surface area contributed by atoms with Crippen LogP contribution in [0.25, 0.3) is 82.5 Å². The van der Waals surface area contributed by atoms with Gasteiger partial charge in [0, 0.05) is 56.9 Å². The summed E-state index contributed by atoms with van der Waals surface area (Å²) in [4.78, 5) is 4.70. The van der Waals surface area contributed by atoms with Gasteiger partial charge in [0.2, 0.25) is 0 Å². The zero-order valence-electron chi connectivity index (χ0n) is 21.8. The molecule has 5 aromatic carbocycles. The van der Waals surface area contributed by atoms with Gasteiger partial charge < -0.3 is 13.6 Å². The molecule has 4 nitrogen and oxygen atoms in total.